The highest BCUT2D eigenvalue weighted by Gasteiger charge is 2.18. The van der Waals surface area contributed by atoms with Gasteiger partial charge in [-0.2, -0.15) is 5.10 Å². The number of pyridine rings is 1. The number of aromatic amines is 1. The van der Waals surface area contributed by atoms with Crippen molar-refractivity contribution < 1.29 is 9.90 Å². The number of halogens is 1. The summed E-state index contributed by atoms with van der Waals surface area (Å²) in [6, 6.07) is 14.0. The number of rotatable bonds is 3. The second kappa shape index (κ2) is 6.67. The molecule has 0 saturated heterocycles. The summed E-state index contributed by atoms with van der Waals surface area (Å²) >= 11 is 3.33. The van der Waals surface area contributed by atoms with Crippen molar-refractivity contribution in [2.24, 2.45) is 5.10 Å². The summed E-state index contributed by atoms with van der Waals surface area (Å²) in [5.41, 5.74) is 2.41. The van der Waals surface area contributed by atoms with Gasteiger partial charge in [0.05, 0.1) is 11.7 Å². The van der Waals surface area contributed by atoms with Crippen LogP contribution in [0.2, 0.25) is 0 Å². The fourth-order valence-electron chi connectivity index (χ4n) is 2.24. The van der Waals surface area contributed by atoms with Crippen LogP contribution in [0.15, 0.2) is 62.9 Å². The van der Waals surface area contributed by atoms with Crippen LogP contribution in [0.1, 0.15) is 15.9 Å². The largest absolute Gasteiger partial charge is 0.506 e. The number of aromatic hydroxyl groups is 1. The van der Waals surface area contributed by atoms with Crippen LogP contribution >= 0.6 is 15.9 Å². The van der Waals surface area contributed by atoms with Crippen LogP contribution in [0.3, 0.4) is 0 Å². The zero-order valence-corrected chi connectivity index (χ0v) is 13.9. The maximum absolute atomic E-state index is 12.2. The highest BCUT2D eigenvalue weighted by molar-refractivity contribution is 9.10. The summed E-state index contributed by atoms with van der Waals surface area (Å²) in [6.07, 6.45) is 1.44. The van der Waals surface area contributed by atoms with Crippen LogP contribution in [0, 0.1) is 0 Å². The van der Waals surface area contributed by atoms with E-state index >= 15 is 0 Å². The smallest absolute Gasteiger partial charge is 0.280 e. The number of fused-ring (bicyclic) bond motifs is 1. The van der Waals surface area contributed by atoms with Crippen LogP contribution in [0.5, 0.6) is 5.75 Å². The van der Waals surface area contributed by atoms with E-state index in [1.54, 1.807) is 30.3 Å². The first-order valence-corrected chi connectivity index (χ1v) is 7.78. The summed E-state index contributed by atoms with van der Waals surface area (Å²) in [5, 5.41) is 14.4. The van der Waals surface area contributed by atoms with Gasteiger partial charge in [-0.15, -0.1) is 0 Å². The number of amides is 1. The topological polar surface area (TPSA) is 94.5 Å². The first kappa shape index (κ1) is 15.9. The van der Waals surface area contributed by atoms with Crippen molar-refractivity contribution in [1.29, 1.82) is 0 Å². The minimum atomic E-state index is -0.786. The molecule has 7 heteroatoms. The Labute approximate surface area is 145 Å². The number of hydrazone groups is 1. The maximum atomic E-state index is 12.2. The van der Waals surface area contributed by atoms with Crippen molar-refractivity contribution in [3.05, 3.63) is 74.5 Å². The normalized spacial score (nSPS) is 11.0. The van der Waals surface area contributed by atoms with Crippen LogP contribution in [0.25, 0.3) is 10.9 Å². The zero-order chi connectivity index (χ0) is 17.1. The summed E-state index contributed by atoms with van der Waals surface area (Å²) in [4.78, 5) is 26.8. The number of carbonyl (C=O) groups excluding carboxylic acids is 1. The first-order chi connectivity index (χ1) is 11.6. The van der Waals surface area contributed by atoms with Gasteiger partial charge in [-0.05, 0) is 29.8 Å². The molecule has 0 aliphatic heterocycles. The first-order valence-electron chi connectivity index (χ1n) is 6.99. The Bertz CT molecular complexity index is 1010. The molecule has 0 unspecified atom stereocenters. The summed E-state index contributed by atoms with van der Waals surface area (Å²) in [5.74, 6) is -1.16. The number of nitrogens with one attached hydrogen (secondary N) is 2. The van der Waals surface area contributed by atoms with E-state index in [1.165, 1.54) is 6.21 Å². The molecule has 6 nitrogen and oxygen atoms in total. The third-order valence-electron chi connectivity index (χ3n) is 3.35. The third-order valence-corrected chi connectivity index (χ3v) is 3.84. The van der Waals surface area contributed by atoms with Gasteiger partial charge in [0.1, 0.15) is 11.3 Å². The zero-order valence-electron chi connectivity index (χ0n) is 12.3. The van der Waals surface area contributed by atoms with E-state index in [1.807, 2.05) is 18.2 Å². The van der Waals surface area contributed by atoms with E-state index in [0.29, 0.717) is 10.9 Å². The maximum Gasteiger partial charge on any atom is 0.280 e. The molecule has 3 aromatic rings. The molecule has 120 valence electrons. The quantitative estimate of drug-likeness (QED) is 0.477. The monoisotopic (exact) mass is 385 g/mol. The number of hydrogen-bond acceptors (Lipinski definition) is 4. The number of aromatic nitrogens is 1. The van der Waals surface area contributed by atoms with E-state index in [-0.39, 0.29) is 11.3 Å². The Morgan fingerprint density at radius 1 is 1.21 bits per heavy atom. The lowest BCUT2D eigenvalue weighted by atomic mass is 10.1. The molecule has 0 aliphatic rings. The minimum Gasteiger partial charge on any atom is -0.506 e. The Morgan fingerprint density at radius 3 is 2.79 bits per heavy atom. The average molecular weight is 386 g/mol. The Hall–Kier alpha value is -2.93. The molecule has 0 bridgehead atoms. The molecule has 0 radical (unpaired) electrons. The number of hydrogen-bond donors (Lipinski definition) is 3. The lowest BCUT2D eigenvalue weighted by Crippen LogP contribution is -2.26. The Morgan fingerprint density at radius 2 is 2.00 bits per heavy atom. The lowest BCUT2D eigenvalue weighted by molar-refractivity contribution is 0.0951. The summed E-state index contributed by atoms with van der Waals surface area (Å²) in [6.45, 7) is 0. The average Bonchev–Trinajstić information content (AvgIpc) is 2.55. The van der Waals surface area contributed by atoms with Gasteiger partial charge < -0.3 is 10.1 Å². The molecule has 3 N–H and O–H groups in total. The Kier molecular flexibility index (Phi) is 4.43. The molecule has 0 fully saturated rings. The number of benzene rings is 2. The minimum absolute atomic E-state index is 0.371. The molecule has 0 aliphatic carbocycles. The van der Waals surface area contributed by atoms with E-state index < -0.39 is 11.5 Å². The van der Waals surface area contributed by atoms with Crippen molar-refractivity contribution in [3.8, 4) is 5.75 Å². The van der Waals surface area contributed by atoms with Crippen LogP contribution in [-0.2, 0) is 0 Å². The predicted octanol–water partition coefficient (Wildman–Crippen LogP) is 2.76. The molecule has 3 rings (SSSR count). The van der Waals surface area contributed by atoms with Crippen molar-refractivity contribution in [2.45, 2.75) is 0 Å². The molecule has 1 amide bonds. The van der Waals surface area contributed by atoms with Crippen molar-refractivity contribution in [3.63, 3.8) is 0 Å². The number of H-pyrrole nitrogens is 1. The molecular weight excluding hydrogens is 374 g/mol. The van der Waals surface area contributed by atoms with Gasteiger partial charge >= 0.3 is 0 Å². The SMILES string of the molecule is O=C(N/N=C\c1cccc(Br)c1)c1c(O)c2ccccc2[nH]c1=O. The molecule has 1 heterocycles. The standard InChI is InChI=1S/C17H12BrN3O3/c18-11-5-3-4-10(8-11)9-19-21-17(24)14-15(22)12-6-1-2-7-13(12)20-16(14)23/h1-9H,(H,21,24)(H2,20,22,23)/b19-9-. The van der Waals surface area contributed by atoms with E-state index in [9.17, 15) is 14.7 Å². The van der Waals surface area contributed by atoms with Crippen LogP contribution in [0.4, 0.5) is 0 Å². The molecule has 2 aromatic carbocycles. The number of carbonyl (C=O) groups is 1. The number of nitrogens with zero attached hydrogens (tertiary/aromatic N) is 1. The van der Waals surface area contributed by atoms with Crippen molar-refractivity contribution in [1.82, 2.24) is 10.4 Å². The number of para-hydroxylation sites is 1. The second-order valence-corrected chi connectivity index (χ2v) is 5.89. The third kappa shape index (κ3) is 3.21. The van der Waals surface area contributed by atoms with Crippen LogP contribution in [-0.4, -0.2) is 22.2 Å². The Balaban J connectivity index is 1.88. The molecule has 1 aromatic heterocycles. The molecular formula is C17H12BrN3O3. The van der Waals surface area contributed by atoms with Gasteiger partial charge in [0.25, 0.3) is 11.5 Å². The fraction of sp³-hybridized carbons (Fsp3) is 0. The highest BCUT2D eigenvalue weighted by atomic mass is 79.9. The molecule has 0 saturated carbocycles. The van der Waals surface area contributed by atoms with E-state index in [4.69, 9.17) is 0 Å². The molecule has 24 heavy (non-hydrogen) atoms. The van der Waals surface area contributed by atoms with Crippen molar-refractivity contribution in [2.75, 3.05) is 0 Å². The molecule has 0 spiro atoms. The fourth-order valence-corrected chi connectivity index (χ4v) is 2.66. The van der Waals surface area contributed by atoms with Crippen LogP contribution < -0.4 is 11.0 Å². The second-order valence-electron chi connectivity index (χ2n) is 4.98. The molecule has 0 atom stereocenters. The van der Waals surface area contributed by atoms with Crippen molar-refractivity contribution >= 4 is 39.0 Å². The predicted molar refractivity (Wildman–Crippen MR) is 95.4 cm³/mol. The summed E-state index contributed by atoms with van der Waals surface area (Å²) in [7, 11) is 0. The van der Waals surface area contributed by atoms with Gasteiger partial charge in [-0.25, -0.2) is 5.43 Å². The van der Waals surface area contributed by atoms with Gasteiger partial charge in [-0.3, -0.25) is 9.59 Å². The van der Waals surface area contributed by atoms with Gasteiger partial charge in [0.15, 0.2) is 0 Å². The van der Waals surface area contributed by atoms with E-state index in [2.05, 4.69) is 31.4 Å². The van der Waals surface area contributed by atoms with Gasteiger partial charge in [0, 0.05) is 9.86 Å². The summed E-state index contributed by atoms with van der Waals surface area (Å²) < 4.78 is 0.876. The van der Waals surface area contributed by atoms with Gasteiger partial charge in [0.2, 0.25) is 0 Å². The van der Waals surface area contributed by atoms with Gasteiger partial charge in [-0.1, -0.05) is 40.2 Å². The highest BCUT2D eigenvalue weighted by Crippen LogP contribution is 2.24. The van der Waals surface area contributed by atoms with E-state index in [0.717, 1.165) is 10.0 Å². The lowest BCUT2D eigenvalue weighted by Gasteiger charge is -2.06.